The standard InChI is InChI=1S/C19H17F3N2O2/c1-18(2,3)16(24-17(25)15-8-5-9-26-15)14(11-23)12-6-4-7-13(10-12)19(20,21)22/h4-10H,1-3H3,(H,24,25)/b16-14-. The Bertz CT molecular complexity index is 867. The minimum atomic E-state index is -4.53. The molecule has 0 aliphatic carbocycles. The third-order valence-corrected chi connectivity index (χ3v) is 3.57. The Morgan fingerprint density at radius 1 is 1.15 bits per heavy atom. The molecule has 0 atom stereocenters. The van der Waals surface area contributed by atoms with Crippen LogP contribution in [0.3, 0.4) is 0 Å². The van der Waals surface area contributed by atoms with Crippen molar-refractivity contribution in [2.24, 2.45) is 5.41 Å². The summed E-state index contributed by atoms with van der Waals surface area (Å²) in [6.45, 7) is 5.24. The van der Waals surface area contributed by atoms with Crippen LogP contribution in [0.5, 0.6) is 0 Å². The highest BCUT2D eigenvalue weighted by Crippen LogP contribution is 2.34. The van der Waals surface area contributed by atoms with Crippen LogP contribution < -0.4 is 5.32 Å². The molecule has 1 aromatic carbocycles. The third kappa shape index (κ3) is 4.33. The first-order valence-corrected chi connectivity index (χ1v) is 7.71. The number of carbonyl (C=O) groups excluding carboxylic acids is 1. The SMILES string of the molecule is CC(C)(C)/C(NC(=O)c1ccco1)=C(\C#N)c1cccc(C(F)(F)F)c1. The minimum absolute atomic E-state index is 0.0353. The van der Waals surface area contributed by atoms with Crippen LogP contribution in [0.25, 0.3) is 5.57 Å². The predicted octanol–water partition coefficient (Wildman–Crippen LogP) is 5.01. The van der Waals surface area contributed by atoms with Crippen molar-refractivity contribution in [1.29, 1.82) is 5.26 Å². The number of hydrogen-bond acceptors (Lipinski definition) is 3. The summed E-state index contributed by atoms with van der Waals surface area (Å²) in [5.41, 5.74) is -1.33. The molecule has 0 aliphatic heterocycles. The third-order valence-electron chi connectivity index (χ3n) is 3.57. The van der Waals surface area contributed by atoms with Gasteiger partial charge in [0.05, 0.1) is 17.4 Å². The molecule has 0 saturated carbocycles. The summed E-state index contributed by atoms with van der Waals surface area (Å²) >= 11 is 0. The van der Waals surface area contributed by atoms with Crippen molar-refractivity contribution in [1.82, 2.24) is 5.32 Å². The lowest BCUT2D eigenvalue weighted by Gasteiger charge is -2.25. The highest BCUT2D eigenvalue weighted by molar-refractivity contribution is 5.95. The van der Waals surface area contributed by atoms with Crippen molar-refractivity contribution in [3.8, 4) is 6.07 Å². The van der Waals surface area contributed by atoms with Gasteiger partial charge in [-0.3, -0.25) is 4.79 Å². The fourth-order valence-corrected chi connectivity index (χ4v) is 2.32. The van der Waals surface area contributed by atoms with Crippen LogP contribution >= 0.6 is 0 Å². The van der Waals surface area contributed by atoms with Gasteiger partial charge in [-0.2, -0.15) is 18.4 Å². The first-order chi connectivity index (χ1) is 12.0. The molecule has 0 radical (unpaired) electrons. The molecule has 1 heterocycles. The van der Waals surface area contributed by atoms with Crippen molar-refractivity contribution in [2.45, 2.75) is 26.9 Å². The van der Waals surface area contributed by atoms with Crippen molar-refractivity contribution < 1.29 is 22.4 Å². The van der Waals surface area contributed by atoms with Crippen LogP contribution in [0.4, 0.5) is 13.2 Å². The van der Waals surface area contributed by atoms with Crippen LogP contribution in [0.2, 0.25) is 0 Å². The topological polar surface area (TPSA) is 66.0 Å². The second kappa shape index (κ2) is 7.08. The average Bonchev–Trinajstić information content (AvgIpc) is 3.07. The molecule has 0 unspecified atom stereocenters. The molecule has 1 amide bonds. The maximum atomic E-state index is 13.0. The molecule has 1 N–H and O–H groups in total. The molecule has 0 fully saturated rings. The number of nitrogens with zero attached hydrogens (tertiary/aromatic N) is 1. The van der Waals surface area contributed by atoms with E-state index in [0.717, 1.165) is 12.1 Å². The Balaban J connectivity index is 2.56. The van der Waals surface area contributed by atoms with Gasteiger partial charge < -0.3 is 9.73 Å². The van der Waals surface area contributed by atoms with Crippen LogP contribution in [0.15, 0.2) is 52.8 Å². The van der Waals surface area contributed by atoms with E-state index in [1.807, 2.05) is 6.07 Å². The molecular weight excluding hydrogens is 345 g/mol. The van der Waals surface area contributed by atoms with Gasteiger partial charge in [0.15, 0.2) is 5.76 Å². The quantitative estimate of drug-likeness (QED) is 0.781. The normalized spacial score (nSPS) is 13.0. The van der Waals surface area contributed by atoms with Crippen molar-refractivity contribution in [2.75, 3.05) is 0 Å². The maximum absolute atomic E-state index is 13.0. The van der Waals surface area contributed by atoms with Gasteiger partial charge in [0.2, 0.25) is 0 Å². The fraction of sp³-hybridized carbons (Fsp3) is 0.263. The van der Waals surface area contributed by atoms with E-state index in [-0.39, 0.29) is 22.6 Å². The summed E-state index contributed by atoms with van der Waals surface area (Å²) in [6.07, 6.45) is -3.21. The van der Waals surface area contributed by atoms with Crippen molar-refractivity contribution >= 4 is 11.5 Å². The van der Waals surface area contributed by atoms with Crippen molar-refractivity contribution in [3.63, 3.8) is 0 Å². The highest BCUT2D eigenvalue weighted by atomic mass is 19.4. The molecule has 136 valence electrons. The van der Waals surface area contributed by atoms with E-state index in [1.165, 1.54) is 30.5 Å². The highest BCUT2D eigenvalue weighted by Gasteiger charge is 2.31. The van der Waals surface area contributed by atoms with E-state index in [2.05, 4.69) is 5.32 Å². The lowest BCUT2D eigenvalue weighted by Crippen LogP contribution is -2.31. The van der Waals surface area contributed by atoms with E-state index in [1.54, 1.807) is 20.8 Å². The zero-order valence-corrected chi connectivity index (χ0v) is 14.4. The summed E-state index contributed by atoms with van der Waals surface area (Å²) in [5.74, 6) is -0.548. The molecular formula is C19H17F3N2O2. The molecule has 0 aliphatic rings. The predicted molar refractivity (Wildman–Crippen MR) is 89.6 cm³/mol. The Morgan fingerprint density at radius 2 is 1.85 bits per heavy atom. The van der Waals surface area contributed by atoms with Gasteiger partial charge in [-0.1, -0.05) is 32.9 Å². The van der Waals surface area contributed by atoms with Gasteiger partial charge in [-0.15, -0.1) is 0 Å². The van der Waals surface area contributed by atoms with Crippen LogP contribution in [0.1, 0.15) is 42.5 Å². The molecule has 0 bridgehead atoms. The van der Waals surface area contributed by atoms with Crippen molar-refractivity contribution in [3.05, 3.63) is 65.2 Å². The Kier molecular flexibility index (Phi) is 5.26. The fourth-order valence-electron chi connectivity index (χ4n) is 2.32. The number of nitrogens with one attached hydrogen (secondary N) is 1. The number of carbonyl (C=O) groups is 1. The number of halogens is 3. The van der Waals surface area contributed by atoms with E-state index in [4.69, 9.17) is 4.42 Å². The van der Waals surface area contributed by atoms with E-state index >= 15 is 0 Å². The van der Waals surface area contributed by atoms with Crippen LogP contribution in [-0.4, -0.2) is 5.91 Å². The van der Waals surface area contributed by atoms with Crippen LogP contribution in [-0.2, 0) is 6.18 Å². The molecule has 2 aromatic rings. The number of hydrogen-bond donors (Lipinski definition) is 1. The largest absolute Gasteiger partial charge is 0.459 e. The molecule has 0 saturated heterocycles. The van der Waals surface area contributed by atoms with Gasteiger partial charge in [0, 0.05) is 11.1 Å². The van der Waals surface area contributed by atoms with Gasteiger partial charge in [-0.05, 0) is 29.8 Å². The minimum Gasteiger partial charge on any atom is -0.459 e. The number of nitriles is 1. The second-order valence-corrected chi connectivity index (χ2v) is 6.62. The maximum Gasteiger partial charge on any atom is 0.416 e. The number of alkyl halides is 3. The Labute approximate surface area is 148 Å². The monoisotopic (exact) mass is 362 g/mol. The Morgan fingerprint density at radius 3 is 2.35 bits per heavy atom. The van der Waals surface area contributed by atoms with Gasteiger partial charge >= 0.3 is 6.18 Å². The lowest BCUT2D eigenvalue weighted by molar-refractivity contribution is -0.137. The Hall–Kier alpha value is -3.01. The zero-order chi connectivity index (χ0) is 19.5. The summed E-state index contributed by atoms with van der Waals surface area (Å²) < 4.78 is 44.0. The van der Waals surface area contributed by atoms with Gasteiger partial charge in [-0.25, -0.2) is 0 Å². The lowest BCUT2D eigenvalue weighted by atomic mass is 9.86. The van der Waals surface area contributed by atoms with E-state index in [0.29, 0.717) is 0 Å². The zero-order valence-electron chi connectivity index (χ0n) is 14.4. The molecule has 7 heteroatoms. The summed E-state index contributed by atoms with van der Waals surface area (Å²) in [6, 6.07) is 9.35. The second-order valence-electron chi connectivity index (χ2n) is 6.62. The van der Waals surface area contributed by atoms with Crippen LogP contribution in [0, 0.1) is 16.7 Å². The number of amides is 1. The molecule has 2 rings (SSSR count). The van der Waals surface area contributed by atoms with E-state index < -0.39 is 23.1 Å². The number of rotatable bonds is 3. The van der Waals surface area contributed by atoms with Gasteiger partial charge in [0.1, 0.15) is 6.07 Å². The first-order valence-electron chi connectivity index (χ1n) is 7.71. The van der Waals surface area contributed by atoms with E-state index in [9.17, 15) is 23.2 Å². The smallest absolute Gasteiger partial charge is 0.416 e. The number of furan rings is 1. The first kappa shape index (κ1) is 19.3. The molecule has 26 heavy (non-hydrogen) atoms. The molecule has 0 spiro atoms. The summed E-state index contributed by atoms with van der Waals surface area (Å²) in [7, 11) is 0. The number of benzene rings is 1. The van der Waals surface area contributed by atoms with Gasteiger partial charge in [0.25, 0.3) is 5.91 Å². The summed E-state index contributed by atoms with van der Waals surface area (Å²) in [4.78, 5) is 12.3. The number of allylic oxidation sites excluding steroid dienone is 2. The molecule has 1 aromatic heterocycles. The average molecular weight is 362 g/mol. The molecule has 4 nitrogen and oxygen atoms in total. The summed E-state index contributed by atoms with van der Waals surface area (Å²) in [5, 5.41) is 12.2.